The number of benzene rings is 2. The lowest BCUT2D eigenvalue weighted by molar-refractivity contribution is -0.151. The average molecular weight is 425 g/mol. The number of nitrogens with one attached hydrogen (secondary N) is 1. The Morgan fingerprint density at radius 2 is 1.61 bits per heavy atom. The van der Waals surface area contributed by atoms with Gasteiger partial charge in [-0.3, -0.25) is 14.4 Å². The van der Waals surface area contributed by atoms with Crippen LogP contribution in [0.4, 0.5) is 5.69 Å². The van der Waals surface area contributed by atoms with Crippen LogP contribution in [0.3, 0.4) is 0 Å². The molecule has 0 aromatic heterocycles. The van der Waals surface area contributed by atoms with E-state index in [1.807, 2.05) is 54.6 Å². The second-order valence-corrected chi connectivity index (χ2v) is 7.17. The molecule has 31 heavy (non-hydrogen) atoms. The van der Waals surface area contributed by atoms with Crippen LogP contribution < -0.4 is 15.0 Å². The summed E-state index contributed by atoms with van der Waals surface area (Å²) in [6, 6.07) is 17.0. The minimum Gasteiger partial charge on any atom is -0.497 e. The van der Waals surface area contributed by atoms with Gasteiger partial charge in [0.2, 0.25) is 5.91 Å². The van der Waals surface area contributed by atoms with E-state index in [4.69, 9.17) is 9.47 Å². The van der Waals surface area contributed by atoms with Crippen molar-refractivity contribution in [3.8, 4) is 5.75 Å². The summed E-state index contributed by atoms with van der Waals surface area (Å²) < 4.78 is 10.2. The number of carbonyl (C=O) groups excluding carboxylic acids is 3. The second kappa shape index (κ2) is 11.0. The molecule has 0 radical (unpaired) electrons. The van der Waals surface area contributed by atoms with Gasteiger partial charge in [0.15, 0.2) is 6.61 Å². The van der Waals surface area contributed by atoms with Gasteiger partial charge in [-0.05, 0) is 29.8 Å². The Hall–Kier alpha value is -3.55. The zero-order valence-electron chi connectivity index (χ0n) is 17.6. The first-order valence-electron chi connectivity index (χ1n) is 10.2. The molecule has 3 rings (SSSR count). The monoisotopic (exact) mass is 425 g/mol. The number of esters is 1. The Balaban J connectivity index is 1.34. The van der Waals surface area contributed by atoms with Crippen molar-refractivity contribution in [2.75, 3.05) is 51.3 Å². The third kappa shape index (κ3) is 6.74. The van der Waals surface area contributed by atoms with Gasteiger partial charge in [-0.15, -0.1) is 0 Å². The molecule has 0 saturated carbocycles. The Morgan fingerprint density at radius 3 is 2.26 bits per heavy atom. The molecule has 2 aromatic rings. The van der Waals surface area contributed by atoms with Gasteiger partial charge in [0.25, 0.3) is 5.91 Å². The number of amides is 2. The van der Waals surface area contributed by atoms with Gasteiger partial charge >= 0.3 is 5.97 Å². The summed E-state index contributed by atoms with van der Waals surface area (Å²) >= 11 is 0. The molecule has 0 aliphatic carbocycles. The fourth-order valence-corrected chi connectivity index (χ4v) is 3.31. The zero-order valence-corrected chi connectivity index (χ0v) is 17.6. The molecule has 0 bridgehead atoms. The van der Waals surface area contributed by atoms with Gasteiger partial charge in [-0.2, -0.15) is 0 Å². The maximum atomic E-state index is 12.3. The van der Waals surface area contributed by atoms with Crippen LogP contribution in [0.25, 0.3) is 0 Å². The molecule has 2 aromatic carbocycles. The number of hydrogen-bond donors (Lipinski definition) is 1. The highest BCUT2D eigenvalue weighted by Crippen LogP contribution is 2.20. The van der Waals surface area contributed by atoms with Gasteiger partial charge in [0.05, 0.1) is 13.5 Å². The molecular formula is C23H27N3O5. The number of nitrogens with zero attached hydrogens (tertiary/aromatic N) is 2. The van der Waals surface area contributed by atoms with E-state index in [0.29, 0.717) is 26.2 Å². The van der Waals surface area contributed by atoms with E-state index >= 15 is 0 Å². The predicted molar refractivity (Wildman–Crippen MR) is 116 cm³/mol. The molecule has 8 heteroatoms. The second-order valence-electron chi connectivity index (χ2n) is 7.17. The highest BCUT2D eigenvalue weighted by atomic mass is 16.5. The summed E-state index contributed by atoms with van der Waals surface area (Å²) in [5, 5.41) is 2.51. The van der Waals surface area contributed by atoms with Gasteiger partial charge in [-0.25, -0.2) is 0 Å². The molecule has 1 N–H and O–H groups in total. The Bertz CT molecular complexity index is 878. The van der Waals surface area contributed by atoms with Gasteiger partial charge in [0.1, 0.15) is 12.3 Å². The Morgan fingerprint density at radius 1 is 0.935 bits per heavy atom. The van der Waals surface area contributed by atoms with Crippen molar-refractivity contribution in [1.29, 1.82) is 0 Å². The highest BCUT2D eigenvalue weighted by molar-refractivity contribution is 5.85. The van der Waals surface area contributed by atoms with Crippen LogP contribution >= 0.6 is 0 Å². The smallest absolute Gasteiger partial charge is 0.325 e. The van der Waals surface area contributed by atoms with Crippen LogP contribution in [0.2, 0.25) is 0 Å². The minimum atomic E-state index is -0.633. The first-order chi connectivity index (χ1) is 15.0. The standard InChI is InChI=1S/C23H27N3O5/c1-30-20-9-7-19(8-10-20)25-11-13-26(14-12-25)22(28)17-31-23(29)16-24-21(27)15-18-5-3-2-4-6-18/h2-10H,11-17H2,1H3,(H,24,27). The largest absolute Gasteiger partial charge is 0.497 e. The first-order valence-corrected chi connectivity index (χ1v) is 10.2. The summed E-state index contributed by atoms with van der Waals surface area (Å²) in [5.41, 5.74) is 1.93. The van der Waals surface area contributed by atoms with Crippen LogP contribution in [0.5, 0.6) is 5.75 Å². The van der Waals surface area contributed by atoms with E-state index < -0.39 is 5.97 Å². The van der Waals surface area contributed by atoms with Crippen molar-refractivity contribution in [3.63, 3.8) is 0 Å². The van der Waals surface area contributed by atoms with E-state index in [9.17, 15) is 14.4 Å². The van der Waals surface area contributed by atoms with Crippen molar-refractivity contribution < 1.29 is 23.9 Å². The topological polar surface area (TPSA) is 88.2 Å². The molecule has 1 heterocycles. The van der Waals surface area contributed by atoms with E-state index in [0.717, 1.165) is 17.0 Å². The molecule has 1 saturated heterocycles. The average Bonchev–Trinajstić information content (AvgIpc) is 2.82. The number of piperazine rings is 1. The van der Waals surface area contributed by atoms with E-state index in [1.165, 1.54) is 0 Å². The maximum Gasteiger partial charge on any atom is 0.325 e. The van der Waals surface area contributed by atoms with Gasteiger partial charge in [0, 0.05) is 31.9 Å². The van der Waals surface area contributed by atoms with Crippen molar-refractivity contribution >= 4 is 23.5 Å². The lowest BCUT2D eigenvalue weighted by atomic mass is 10.1. The summed E-state index contributed by atoms with van der Waals surface area (Å²) in [7, 11) is 1.63. The van der Waals surface area contributed by atoms with E-state index in [1.54, 1.807) is 12.0 Å². The van der Waals surface area contributed by atoms with Crippen LogP contribution in [-0.4, -0.2) is 69.1 Å². The van der Waals surface area contributed by atoms with Crippen LogP contribution in [0.15, 0.2) is 54.6 Å². The minimum absolute atomic E-state index is 0.186. The SMILES string of the molecule is COc1ccc(N2CCN(C(=O)COC(=O)CNC(=O)Cc3ccccc3)CC2)cc1. The number of methoxy groups -OCH3 is 1. The summed E-state index contributed by atoms with van der Waals surface area (Å²) in [4.78, 5) is 39.9. The fraction of sp³-hybridized carbons (Fsp3) is 0.348. The number of anilines is 1. The van der Waals surface area contributed by atoms with Crippen molar-refractivity contribution in [1.82, 2.24) is 10.2 Å². The number of rotatable bonds is 8. The van der Waals surface area contributed by atoms with E-state index in [2.05, 4.69) is 10.2 Å². The molecule has 1 aliphatic rings. The molecule has 0 atom stereocenters. The third-order valence-corrected chi connectivity index (χ3v) is 5.06. The lowest BCUT2D eigenvalue weighted by Gasteiger charge is -2.36. The number of carbonyl (C=O) groups is 3. The fourth-order valence-electron chi connectivity index (χ4n) is 3.31. The third-order valence-electron chi connectivity index (χ3n) is 5.06. The highest BCUT2D eigenvalue weighted by Gasteiger charge is 2.22. The molecule has 0 spiro atoms. The van der Waals surface area contributed by atoms with Crippen molar-refractivity contribution in [3.05, 3.63) is 60.2 Å². The lowest BCUT2D eigenvalue weighted by Crippen LogP contribution is -2.50. The summed E-state index contributed by atoms with van der Waals surface area (Å²) in [5.74, 6) is -0.343. The zero-order chi connectivity index (χ0) is 22.1. The Labute approximate surface area is 181 Å². The Kier molecular flexibility index (Phi) is 7.86. The van der Waals surface area contributed by atoms with Crippen LogP contribution in [-0.2, 0) is 25.5 Å². The summed E-state index contributed by atoms with van der Waals surface area (Å²) in [6.07, 6.45) is 0.186. The van der Waals surface area contributed by atoms with Crippen molar-refractivity contribution in [2.45, 2.75) is 6.42 Å². The first kappa shape index (κ1) is 22.1. The van der Waals surface area contributed by atoms with Crippen LogP contribution in [0, 0.1) is 0 Å². The maximum absolute atomic E-state index is 12.3. The summed E-state index contributed by atoms with van der Waals surface area (Å²) in [6.45, 7) is 1.91. The normalized spacial score (nSPS) is 13.5. The molecule has 0 unspecified atom stereocenters. The van der Waals surface area contributed by atoms with Gasteiger partial charge < -0.3 is 24.6 Å². The molecule has 2 amide bonds. The molecule has 1 aliphatic heterocycles. The van der Waals surface area contributed by atoms with Gasteiger partial charge in [-0.1, -0.05) is 30.3 Å². The predicted octanol–water partition coefficient (Wildman–Crippen LogP) is 1.25. The molecule has 164 valence electrons. The molecule has 8 nitrogen and oxygen atoms in total. The van der Waals surface area contributed by atoms with Crippen LogP contribution in [0.1, 0.15) is 5.56 Å². The van der Waals surface area contributed by atoms with E-state index in [-0.39, 0.29) is 31.4 Å². The van der Waals surface area contributed by atoms with Crippen molar-refractivity contribution in [2.24, 2.45) is 0 Å². The quantitative estimate of drug-likeness (QED) is 0.641. The molecular weight excluding hydrogens is 398 g/mol. The molecule has 1 fully saturated rings. The number of hydrogen-bond acceptors (Lipinski definition) is 6. The number of ether oxygens (including phenoxy) is 2.